The topological polar surface area (TPSA) is 109 Å². The lowest BCUT2D eigenvalue weighted by atomic mass is 10.1. The van der Waals surface area contributed by atoms with Gasteiger partial charge in [0, 0.05) is 25.0 Å². The average molecular weight is 509 g/mol. The molecular weight excluding hydrogens is 487 g/mol. The fourth-order valence-corrected chi connectivity index (χ4v) is 6.43. The minimum atomic E-state index is -3.85. The van der Waals surface area contributed by atoms with Crippen molar-refractivity contribution in [1.82, 2.24) is 19.3 Å². The highest BCUT2D eigenvalue weighted by Crippen LogP contribution is 2.31. The Hall–Kier alpha value is -2.40. The Morgan fingerprint density at radius 2 is 1.67 bits per heavy atom. The molecule has 1 amide bonds. The van der Waals surface area contributed by atoms with E-state index in [1.165, 1.54) is 12.1 Å². The molecule has 1 aliphatic carbocycles. The zero-order chi connectivity index (χ0) is 23.2. The standard InChI is InChI=1S/C21H22Cl2N6O3S/c22-15-3-1-4-16(23)19(15)33(31,32)27-14-9-11-28(12-10-14)18-6-2-5-17-24-21(26-29(17)18)25-20(30)13-7-8-13/h1-6,13-14,27H,7-12H2,(H,25,26,30). The summed E-state index contributed by atoms with van der Waals surface area (Å²) in [6, 6.07) is 10.0. The second kappa shape index (κ2) is 8.75. The minimum Gasteiger partial charge on any atom is -0.356 e. The van der Waals surface area contributed by atoms with Gasteiger partial charge in [-0.2, -0.15) is 9.50 Å². The Labute approximate surface area is 201 Å². The highest BCUT2D eigenvalue weighted by molar-refractivity contribution is 7.89. The largest absolute Gasteiger partial charge is 0.356 e. The Bertz CT molecular complexity index is 1300. The first-order valence-corrected chi connectivity index (χ1v) is 12.9. The van der Waals surface area contributed by atoms with Gasteiger partial charge in [-0.1, -0.05) is 35.3 Å². The van der Waals surface area contributed by atoms with E-state index in [0.29, 0.717) is 37.5 Å². The molecule has 0 unspecified atom stereocenters. The van der Waals surface area contributed by atoms with Crippen LogP contribution < -0.4 is 14.9 Å². The summed E-state index contributed by atoms with van der Waals surface area (Å²) in [5, 5.41) is 7.43. The van der Waals surface area contributed by atoms with Gasteiger partial charge in [0.25, 0.3) is 0 Å². The van der Waals surface area contributed by atoms with Crippen LogP contribution >= 0.6 is 23.2 Å². The van der Waals surface area contributed by atoms with Gasteiger partial charge in [-0.25, -0.2) is 13.1 Å². The van der Waals surface area contributed by atoms with E-state index >= 15 is 0 Å². The summed E-state index contributed by atoms with van der Waals surface area (Å²) in [5.41, 5.74) is 0.634. The first kappa shape index (κ1) is 22.4. The number of benzene rings is 1. The molecule has 1 saturated heterocycles. The van der Waals surface area contributed by atoms with Crippen molar-refractivity contribution in [3.05, 3.63) is 46.4 Å². The highest BCUT2D eigenvalue weighted by atomic mass is 35.5. The van der Waals surface area contributed by atoms with Crippen LogP contribution in [-0.4, -0.2) is 48.1 Å². The number of hydrogen-bond acceptors (Lipinski definition) is 6. The number of anilines is 2. The van der Waals surface area contributed by atoms with E-state index in [-0.39, 0.29) is 32.8 Å². The molecule has 2 aliphatic rings. The first-order valence-electron chi connectivity index (χ1n) is 10.7. The summed E-state index contributed by atoms with van der Waals surface area (Å²) in [4.78, 5) is 18.5. The zero-order valence-electron chi connectivity index (χ0n) is 17.5. The molecule has 2 N–H and O–H groups in total. The number of sulfonamides is 1. The van der Waals surface area contributed by atoms with Crippen LogP contribution in [0.15, 0.2) is 41.3 Å². The fourth-order valence-electron chi connectivity index (χ4n) is 3.99. The Morgan fingerprint density at radius 1 is 1.00 bits per heavy atom. The van der Waals surface area contributed by atoms with Crippen molar-refractivity contribution < 1.29 is 13.2 Å². The molecule has 1 aromatic carbocycles. The van der Waals surface area contributed by atoms with Crippen molar-refractivity contribution in [3.8, 4) is 0 Å². The number of nitrogens with one attached hydrogen (secondary N) is 2. The number of carbonyl (C=O) groups excluding carboxylic acids is 1. The number of amides is 1. The van der Waals surface area contributed by atoms with Crippen molar-refractivity contribution in [1.29, 1.82) is 0 Å². The molecule has 2 fully saturated rings. The van der Waals surface area contributed by atoms with E-state index in [2.05, 4.69) is 25.0 Å². The second-order valence-corrected chi connectivity index (χ2v) is 10.8. The lowest BCUT2D eigenvalue weighted by molar-refractivity contribution is -0.117. The number of nitrogens with zero attached hydrogens (tertiary/aromatic N) is 4. The van der Waals surface area contributed by atoms with Crippen LogP contribution in [0.4, 0.5) is 11.8 Å². The lowest BCUT2D eigenvalue weighted by Gasteiger charge is -2.33. The number of rotatable bonds is 6. The van der Waals surface area contributed by atoms with Crippen LogP contribution in [-0.2, 0) is 14.8 Å². The molecule has 3 aromatic rings. The summed E-state index contributed by atoms with van der Waals surface area (Å²) < 4.78 is 30.2. The summed E-state index contributed by atoms with van der Waals surface area (Å²) in [6.45, 7) is 1.23. The molecular formula is C21H22Cl2N6O3S. The van der Waals surface area contributed by atoms with Crippen LogP contribution in [0.3, 0.4) is 0 Å². The number of carbonyl (C=O) groups is 1. The predicted molar refractivity (Wildman–Crippen MR) is 126 cm³/mol. The molecule has 12 heteroatoms. The predicted octanol–water partition coefficient (Wildman–Crippen LogP) is 3.33. The Morgan fingerprint density at radius 3 is 2.33 bits per heavy atom. The molecule has 0 radical (unpaired) electrons. The van der Waals surface area contributed by atoms with Gasteiger partial charge in [-0.05, 0) is 49.9 Å². The number of fused-ring (bicyclic) bond motifs is 1. The zero-order valence-corrected chi connectivity index (χ0v) is 19.9. The van der Waals surface area contributed by atoms with Crippen molar-refractivity contribution >= 4 is 56.5 Å². The van der Waals surface area contributed by atoms with E-state index in [0.717, 1.165) is 18.7 Å². The van der Waals surface area contributed by atoms with Gasteiger partial charge < -0.3 is 4.90 Å². The van der Waals surface area contributed by atoms with Crippen LogP contribution in [0.1, 0.15) is 25.7 Å². The van der Waals surface area contributed by atoms with Crippen LogP contribution in [0.25, 0.3) is 5.65 Å². The summed E-state index contributed by atoms with van der Waals surface area (Å²) in [7, 11) is -3.85. The van der Waals surface area contributed by atoms with Crippen LogP contribution in [0.5, 0.6) is 0 Å². The molecule has 5 rings (SSSR count). The maximum absolute atomic E-state index is 12.9. The first-order chi connectivity index (χ1) is 15.8. The van der Waals surface area contributed by atoms with Crippen molar-refractivity contribution in [3.63, 3.8) is 0 Å². The Kier molecular flexibility index (Phi) is 5.94. The third-order valence-electron chi connectivity index (χ3n) is 5.85. The van der Waals surface area contributed by atoms with Gasteiger partial charge in [-0.15, -0.1) is 5.10 Å². The minimum absolute atomic E-state index is 0.0424. The number of pyridine rings is 1. The highest BCUT2D eigenvalue weighted by Gasteiger charge is 2.31. The van der Waals surface area contributed by atoms with Crippen molar-refractivity contribution in [2.75, 3.05) is 23.3 Å². The fraction of sp³-hybridized carbons (Fsp3) is 0.381. The van der Waals surface area contributed by atoms with E-state index in [4.69, 9.17) is 23.2 Å². The normalized spacial score (nSPS) is 17.5. The van der Waals surface area contributed by atoms with Gasteiger partial charge in [-0.3, -0.25) is 10.1 Å². The SMILES string of the molecule is O=C(Nc1nc2cccc(N3CCC(NS(=O)(=O)c4c(Cl)cccc4Cl)CC3)n2n1)C1CC1. The maximum atomic E-state index is 12.9. The average Bonchev–Trinajstić information content (AvgIpc) is 3.53. The molecule has 1 saturated carbocycles. The monoisotopic (exact) mass is 508 g/mol. The second-order valence-electron chi connectivity index (χ2n) is 8.29. The Balaban J connectivity index is 1.28. The summed E-state index contributed by atoms with van der Waals surface area (Å²) >= 11 is 12.2. The molecule has 1 aliphatic heterocycles. The quantitative estimate of drug-likeness (QED) is 0.528. The number of hydrogen-bond donors (Lipinski definition) is 2. The molecule has 3 heterocycles. The number of piperidine rings is 1. The van der Waals surface area contributed by atoms with Gasteiger partial charge in [0.2, 0.25) is 21.9 Å². The number of halogens is 2. The number of aromatic nitrogens is 3. The molecule has 174 valence electrons. The van der Waals surface area contributed by atoms with Crippen molar-refractivity contribution in [2.24, 2.45) is 5.92 Å². The van der Waals surface area contributed by atoms with Crippen LogP contribution in [0, 0.1) is 5.92 Å². The molecule has 9 nitrogen and oxygen atoms in total. The molecule has 2 aromatic heterocycles. The van der Waals surface area contributed by atoms with Crippen LogP contribution in [0.2, 0.25) is 10.0 Å². The molecule has 33 heavy (non-hydrogen) atoms. The third kappa shape index (κ3) is 4.65. The summed E-state index contributed by atoms with van der Waals surface area (Å²) in [6.07, 6.45) is 3.01. The van der Waals surface area contributed by atoms with E-state index in [1.807, 2.05) is 18.2 Å². The van der Waals surface area contributed by atoms with Gasteiger partial charge in [0.1, 0.15) is 10.7 Å². The maximum Gasteiger partial charge on any atom is 0.249 e. The molecule has 0 bridgehead atoms. The molecule has 0 spiro atoms. The van der Waals surface area contributed by atoms with Gasteiger partial charge in [0.15, 0.2) is 5.65 Å². The molecule has 0 atom stereocenters. The smallest absolute Gasteiger partial charge is 0.249 e. The van der Waals surface area contributed by atoms with E-state index in [1.54, 1.807) is 10.6 Å². The van der Waals surface area contributed by atoms with E-state index in [9.17, 15) is 13.2 Å². The lowest BCUT2D eigenvalue weighted by Crippen LogP contribution is -2.45. The third-order valence-corrected chi connectivity index (χ3v) is 8.33. The van der Waals surface area contributed by atoms with E-state index < -0.39 is 10.0 Å². The summed E-state index contributed by atoms with van der Waals surface area (Å²) in [5.74, 6) is 1.15. The van der Waals surface area contributed by atoms with Crippen molar-refractivity contribution in [2.45, 2.75) is 36.6 Å². The van der Waals surface area contributed by atoms with Gasteiger partial charge >= 0.3 is 0 Å². The van der Waals surface area contributed by atoms with Gasteiger partial charge in [0.05, 0.1) is 10.0 Å².